The highest BCUT2D eigenvalue weighted by Crippen LogP contribution is 2.38. The van der Waals surface area contributed by atoms with Crippen LogP contribution in [0.2, 0.25) is 0 Å². The van der Waals surface area contributed by atoms with Gasteiger partial charge in [0.25, 0.3) is 5.91 Å². The Morgan fingerprint density at radius 2 is 2.12 bits per heavy atom. The lowest BCUT2D eigenvalue weighted by Crippen LogP contribution is -2.51. The van der Waals surface area contributed by atoms with Gasteiger partial charge in [-0.05, 0) is 12.8 Å². The average molecular weight is 343 g/mol. The maximum atomic E-state index is 12.2. The van der Waals surface area contributed by atoms with E-state index in [1.54, 1.807) is 0 Å². The van der Waals surface area contributed by atoms with E-state index in [4.69, 9.17) is 0 Å². The molecule has 2 fully saturated rings. The first-order chi connectivity index (χ1) is 11.7. The maximum Gasteiger partial charge on any atom is 0.322 e. The van der Waals surface area contributed by atoms with Gasteiger partial charge >= 0.3 is 6.03 Å². The van der Waals surface area contributed by atoms with Crippen molar-refractivity contribution < 1.29 is 9.59 Å². The number of hydrogen-bond acceptors (Lipinski definition) is 6. The summed E-state index contributed by atoms with van der Waals surface area (Å²) in [4.78, 5) is 28.2. The third-order valence-corrected chi connectivity index (χ3v) is 5.42. The lowest BCUT2D eigenvalue weighted by molar-refractivity contribution is -0.125. The van der Waals surface area contributed by atoms with Crippen LogP contribution in [-0.2, 0) is 4.79 Å². The van der Waals surface area contributed by atoms with Gasteiger partial charge < -0.3 is 10.6 Å². The van der Waals surface area contributed by atoms with E-state index < -0.39 is 11.6 Å². The fourth-order valence-electron chi connectivity index (χ4n) is 3.53. The van der Waals surface area contributed by atoms with Crippen LogP contribution >= 0.6 is 11.5 Å². The molecule has 1 spiro atoms. The van der Waals surface area contributed by atoms with Crippen LogP contribution in [0.3, 0.4) is 0 Å². The highest BCUT2D eigenvalue weighted by atomic mass is 32.1. The molecule has 3 N–H and O–H groups in total. The molecule has 1 aliphatic carbocycles. The Hall–Kier alpha value is -2.48. The smallest absolute Gasteiger partial charge is 0.322 e. The minimum absolute atomic E-state index is 0.0491. The summed E-state index contributed by atoms with van der Waals surface area (Å²) in [5.74, 6) is 0.531. The molecule has 3 amide bonds. The van der Waals surface area contributed by atoms with E-state index in [2.05, 4.69) is 25.3 Å². The summed E-state index contributed by atoms with van der Waals surface area (Å²) in [6.45, 7) is 0.580. The second kappa shape index (κ2) is 5.86. The monoisotopic (exact) mass is 343 g/mol. The Labute approximate surface area is 143 Å². The molecule has 1 aromatic heterocycles. The fourth-order valence-corrected chi connectivity index (χ4v) is 4.13. The van der Waals surface area contributed by atoms with E-state index in [0.717, 1.165) is 23.5 Å². The van der Waals surface area contributed by atoms with Crippen molar-refractivity contribution >= 4 is 28.6 Å². The molecule has 2 aliphatic rings. The number of anilines is 1. The first kappa shape index (κ1) is 15.1. The fraction of sp³-hybridized carbons (Fsp3) is 0.375. The van der Waals surface area contributed by atoms with Gasteiger partial charge in [0, 0.05) is 29.6 Å². The molecule has 1 aliphatic heterocycles. The SMILES string of the molecule is O=C1NC(=O)[C@@]2(CCC[C@H]2CNc2nc(-c3ccccc3)ns2)N1. The van der Waals surface area contributed by atoms with Crippen molar-refractivity contribution in [1.82, 2.24) is 20.0 Å². The first-order valence-electron chi connectivity index (χ1n) is 7.94. The third-order valence-electron chi connectivity index (χ3n) is 4.75. The van der Waals surface area contributed by atoms with Gasteiger partial charge in [-0.3, -0.25) is 10.1 Å². The summed E-state index contributed by atoms with van der Waals surface area (Å²) in [5, 5.41) is 9.19. The number of imide groups is 1. The Bertz CT molecular complexity index is 778. The molecule has 8 heteroatoms. The summed E-state index contributed by atoms with van der Waals surface area (Å²) in [5.41, 5.74) is 0.207. The molecule has 2 atom stereocenters. The molecule has 0 radical (unpaired) electrons. The Balaban J connectivity index is 1.45. The number of benzene rings is 1. The molecular formula is C16H17N5O2S. The number of urea groups is 1. The molecule has 24 heavy (non-hydrogen) atoms. The van der Waals surface area contributed by atoms with E-state index in [1.165, 1.54) is 11.5 Å². The Morgan fingerprint density at radius 3 is 2.88 bits per heavy atom. The number of hydrogen-bond donors (Lipinski definition) is 3. The normalized spacial score (nSPS) is 25.8. The number of carbonyl (C=O) groups is 2. The molecule has 124 valence electrons. The molecule has 7 nitrogen and oxygen atoms in total. The summed E-state index contributed by atoms with van der Waals surface area (Å²) in [7, 11) is 0. The van der Waals surface area contributed by atoms with Crippen LogP contribution in [0.15, 0.2) is 30.3 Å². The molecule has 1 saturated carbocycles. The van der Waals surface area contributed by atoms with Gasteiger partial charge in [0.1, 0.15) is 5.54 Å². The van der Waals surface area contributed by atoms with Crippen LogP contribution in [-0.4, -0.2) is 33.4 Å². The highest BCUT2D eigenvalue weighted by Gasteiger charge is 2.54. The Morgan fingerprint density at radius 1 is 1.29 bits per heavy atom. The van der Waals surface area contributed by atoms with Gasteiger partial charge in [-0.15, -0.1) is 0 Å². The zero-order valence-electron chi connectivity index (χ0n) is 12.9. The van der Waals surface area contributed by atoms with E-state index in [-0.39, 0.29) is 11.8 Å². The standard InChI is InChI=1S/C16H17N5O2S/c22-13-16(20-14(23)19-13)8-4-7-11(16)9-17-15-18-12(21-24-15)10-5-2-1-3-6-10/h1-3,5-6,11H,4,7-9H2,(H,17,18,21)(H2,19,20,22,23)/t11-,16-/m0/s1. The van der Waals surface area contributed by atoms with Crippen LogP contribution in [0.1, 0.15) is 19.3 Å². The number of aromatic nitrogens is 2. The second-order valence-electron chi connectivity index (χ2n) is 6.14. The highest BCUT2D eigenvalue weighted by molar-refractivity contribution is 7.09. The zero-order valence-corrected chi connectivity index (χ0v) is 13.7. The molecule has 0 unspecified atom stereocenters. The predicted molar refractivity (Wildman–Crippen MR) is 90.6 cm³/mol. The minimum Gasteiger partial charge on any atom is -0.360 e. The van der Waals surface area contributed by atoms with E-state index >= 15 is 0 Å². The molecule has 1 saturated heterocycles. The van der Waals surface area contributed by atoms with Crippen LogP contribution in [0.4, 0.5) is 9.93 Å². The quantitative estimate of drug-likeness (QED) is 0.738. The van der Waals surface area contributed by atoms with Crippen molar-refractivity contribution in [3.05, 3.63) is 30.3 Å². The number of nitrogens with zero attached hydrogens (tertiary/aromatic N) is 2. The van der Waals surface area contributed by atoms with Crippen molar-refractivity contribution in [3.8, 4) is 11.4 Å². The second-order valence-corrected chi connectivity index (χ2v) is 6.89. The van der Waals surface area contributed by atoms with Crippen molar-refractivity contribution in [3.63, 3.8) is 0 Å². The molecule has 2 aromatic rings. The third kappa shape index (κ3) is 2.52. The van der Waals surface area contributed by atoms with Gasteiger partial charge in [0.2, 0.25) is 5.13 Å². The average Bonchev–Trinajstić information content (AvgIpc) is 3.27. The van der Waals surface area contributed by atoms with E-state index in [1.807, 2.05) is 30.3 Å². The molecular weight excluding hydrogens is 326 g/mol. The van der Waals surface area contributed by atoms with Gasteiger partial charge in [-0.2, -0.15) is 9.36 Å². The number of amides is 3. The lowest BCUT2D eigenvalue weighted by Gasteiger charge is -2.27. The van der Waals surface area contributed by atoms with Crippen molar-refractivity contribution in [1.29, 1.82) is 0 Å². The van der Waals surface area contributed by atoms with Crippen molar-refractivity contribution in [2.24, 2.45) is 5.92 Å². The Kier molecular flexibility index (Phi) is 3.68. The van der Waals surface area contributed by atoms with Gasteiger partial charge in [0.05, 0.1) is 0 Å². The van der Waals surface area contributed by atoms with Crippen LogP contribution in [0.25, 0.3) is 11.4 Å². The predicted octanol–water partition coefficient (Wildman–Crippen LogP) is 2.00. The van der Waals surface area contributed by atoms with E-state index in [9.17, 15) is 9.59 Å². The van der Waals surface area contributed by atoms with Crippen LogP contribution in [0.5, 0.6) is 0 Å². The number of rotatable bonds is 4. The topological polar surface area (TPSA) is 96.0 Å². The number of carbonyl (C=O) groups excluding carboxylic acids is 2. The largest absolute Gasteiger partial charge is 0.360 e. The number of nitrogens with one attached hydrogen (secondary N) is 3. The molecule has 4 rings (SSSR count). The minimum atomic E-state index is -0.767. The summed E-state index contributed by atoms with van der Waals surface area (Å²) < 4.78 is 4.37. The molecule has 2 heterocycles. The lowest BCUT2D eigenvalue weighted by atomic mass is 9.87. The van der Waals surface area contributed by atoms with Crippen LogP contribution in [0, 0.1) is 5.92 Å². The zero-order chi connectivity index (χ0) is 16.6. The summed E-state index contributed by atoms with van der Waals surface area (Å²) in [6.07, 6.45) is 2.50. The van der Waals surface area contributed by atoms with Gasteiger partial charge in [0.15, 0.2) is 5.82 Å². The van der Waals surface area contributed by atoms with Crippen molar-refractivity contribution in [2.45, 2.75) is 24.8 Å². The first-order valence-corrected chi connectivity index (χ1v) is 8.71. The molecule has 0 bridgehead atoms. The summed E-state index contributed by atoms with van der Waals surface area (Å²) in [6, 6.07) is 9.40. The summed E-state index contributed by atoms with van der Waals surface area (Å²) >= 11 is 1.30. The molecule has 1 aromatic carbocycles. The van der Waals surface area contributed by atoms with Crippen molar-refractivity contribution in [2.75, 3.05) is 11.9 Å². The van der Waals surface area contributed by atoms with E-state index in [0.29, 0.717) is 18.8 Å². The van der Waals surface area contributed by atoms with Gasteiger partial charge in [-0.1, -0.05) is 36.8 Å². The van der Waals surface area contributed by atoms with Crippen LogP contribution < -0.4 is 16.0 Å². The van der Waals surface area contributed by atoms with Gasteiger partial charge in [-0.25, -0.2) is 4.79 Å². The maximum absolute atomic E-state index is 12.2.